The summed E-state index contributed by atoms with van der Waals surface area (Å²) in [6, 6.07) is 31.5. The minimum atomic E-state index is -4.29. The third-order valence-electron chi connectivity index (χ3n) is 21.2. The fourth-order valence-corrected chi connectivity index (χ4v) is 15.0. The SMILES string of the molecule is C=C1C(=O)N(c2cc(OC)c(OC)c(OC)c2)[C@H]1c1ccc(OC)c(OC(=O)C2CC2)c1.C=C1C(=O)N(c2cc(OC)c(OC)c(OC)c2)[C@H]1c1ccc(OC)c(OC(=O)N2CCOCC2)c1.C=C1C(=O)N(c2cc(OC)c(OC)c(OC)c2)[C@H]1c1ccc(OC)c(OS(N)(=O)=O)c1.C=CC(=O)Oc1cc([C@H]2C(=C)C(=O)N2c2cc(OC)c(OC)c(OC)c2)ccc1OC. The second-order valence-electron chi connectivity index (χ2n) is 28.5. The van der Waals surface area contributed by atoms with Crippen LogP contribution < -0.4 is 119 Å². The highest BCUT2D eigenvalue weighted by molar-refractivity contribution is 7.84. The molecule has 0 radical (unpaired) electrons. The summed E-state index contributed by atoms with van der Waals surface area (Å²) < 4.78 is 135. The molecule has 5 saturated heterocycles. The number of hydrogen-bond acceptors (Lipinski definition) is 30. The van der Waals surface area contributed by atoms with Crippen molar-refractivity contribution in [3.63, 3.8) is 0 Å². The van der Waals surface area contributed by atoms with Gasteiger partial charge in [0.15, 0.2) is 92.0 Å². The van der Waals surface area contributed by atoms with Crippen molar-refractivity contribution in [2.75, 3.05) is 160 Å². The number of ether oxygens (including phenoxy) is 20. The fraction of sp³-hybridized carbons (Fsp3) is 0.293. The number of β-lactam (4-membered cyclic amide) rings is 4. The molecule has 1 saturated carbocycles. The molecule has 682 valence electrons. The molecule has 1 aliphatic carbocycles. The molecule has 37 heteroatoms. The first-order valence-electron chi connectivity index (χ1n) is 39.2. The van der Waals surface area contributed by atoms with E-state index in [0.29, 0.717) is 180 Å². The lowest BCUT2D eigenvalue weighted by molar-refractivity contribution is -0.136. The predicted molar refractivity (Wildman–Crippen MR) is 470 cm³/mol. The molecule has 0 spiro atoms. The van der Waals surface area contributed by atoms with Crippen molar-refractivity contribution in [3.05, 3.63) is 205 Å². The van der Waals surface area contributed by atoms with Crippen LogP contribution in [0.2, 0.25) is 0 Å². The van der Waals surface area contributed by atoms with Gasteiger partial charge < -0.3 is 104 Å². The number of esters is 2. The maximum Gasteiger partial charge on any atom is 0.415 e. The van der Waals surface area contributed by atoms with Crippen molar-refractivity contribution in [2.24, 2.45) is 11.1 Å². The van der Waals surface area contributed by atoms with Gasteiger partial charge in [0.2, 0.25) is 23.0 Å². The highest BCUT2D eigenvalue weighted by Gasteiger charge is 2.48. The number of hydrogen-bond donors (Lipinski definition) is 1. The molecule has 0 aromatic heterocycles. The molecule has 4 atom stereocenters. The Balaban J connectivity index is 0.000000167. The van der Waals surface area contributed by atoms with Gasteiger partial charge >= 0.3 is 28.3 Å². The molecular formula is C92H98N6O30S. The minimum Gasteiger partial charge on any atom is -0.493 e. The van der Waals surface area contributed by atoms with Crippen LogP contribution in [0.5, 0.6) is 115 Å². The minimum absolute atomic E-state index is 0.0562. The maximum atomic E-state index is 12.9. The van der Waals surface area contributed by atoms with Gasteiger partial charge in [0, 0.05) is 90.0 Å². The first-order chi connectivity index (χ1) is 61.9. The van der Waals surface area contributed by atoms with Crippen molar-refractivity contribution >= 4 is 74.7 Å². The number of benzene rings is 8. The number of morpholine rings is 1. The zero-order valence-corrected chi connectivity index (χ0v) is 74.6. The average Bonchev–Trinajstić information content (AvgIpc) is 0.900. The summed E-state index contributed by atoms with van der Waals surface area (Å²) in [6.45, 7) is 20.9. The van der Waals surface area contributed by atoms with Gasteiger partial charge in [-0.05, 0) is 83.6 Å². The Morgan fingerprint density at radius 3 is 0.837 bits per heavy atom. The van der Waals surface area contributed by atoms with Crippen molar-refractivity contribution in [2.45, 2.75) is 37.0 Å². The Morgan fingerprint density at radius 2 is 0.597 bits per heavy atom. The van der Waals surface area contributed by atoms with Crippen molar-refractivity contribution in [1.29, 1.82) is 0 Å². The first-order valence-corrected chi connectivity index (χ1v) is 40.7. The standard InChI is InChI=1S/C25H28N2O8.C24H25NO7.C23H23NO7.C20H22N2O8S/c1-15-22(27(24(15)28)17-13-20(31-3)23(33-5)21(14-17)32-4)16-6-7-18(30-2)19(12-16)35-25(29)26-8-10-34-11-9-26;1-13-21(15-8-9-17(28-2)18(10-15)32-24(27)14-6-7-14)25(23(13)26)16-11-19(29-3)22(31-5)20(12-16)30-4;1-7-20(25)31-17-10-14(8-9-16(17)27-3)21-13(2)23(26)24(21)15-11-18(28-4)22(30-6)19(12-15)29-5;1-11-18(12-6-7-14(26-2)15(8-12)30-31(21,24)25)22(20(11)23)13-9-16(27-3)19(29-5)17(10-13)28-4/h6-7,12-14,22H,1,8-11H2,2-5H3;8-12,14,21H,1,6-7H2,2-5H3;7-12,21H,1-2H2,3-6H3;6-10,18H,1H2,2-5H3,(H2,21,24,25)/t22-;2*21-;18-/m1111/s1. The van der Waals surface area contributed by atoms with Crippen molar-refractivity contribution in [3.8, 4) is 115 Å². The quantitative estimate of drug-likeness (QED) is 0.0182. The molecular weight excluding hydrogens is 1700 g/mol. The van der Waals surface area contributed by atoms with Crippen molar-refractivity contribution in [1.82, 2.24) is 4.90 Å². The smallest absolute Gasteiger partial charge is 0.415 e. The summed E-state index contributed by atoms with van der Waals surface area (Å²) in [5.41, 5.74) is 6.30. The fourth-order valence-electron chi connectivity index (χ4n) is 14.7. The van der Waals surface area contributed by atoms with E-state index in [0.717, 1.165) is 24.5 Å². The Kier molecular flexibility index (Phi) is 30.1. The van der Waals surface area contributed by atoms with Crippen LogP contribution in [0.4, 0.5) is 27.5 Å². The number of carbonyl (C=O) groups is 7. The molecule has 6 aliphatic rings. The number of carbonyl (C=O) groups excluding carboxylic acids is 7. The van der Waals surface area contributed by atoms with E-state index >= 15 is 0 Å². The first kappa shape index (κ1) is 94.7. The largest absolute Gasteiger partial charge is 0.493 e. The van der Waals surface area contributed by atoms with E-state index in [1.807, 2.05) is 6.07 Å². The Labute approximate surface area is 744 Å². The Morgan fingerprint density at radius 1 is 0.349 bits per heavy atom. The van der Waals surface area contributed by atoms with E-state index in [4.69, 9.17) is 104 Å². The average molecular weight is 1800 g/mol. The topological polar surface area (TPSA) is 390 Å². The van der Waals surface area contributed by atoms with E-state index in [9.17, 15) is 42.0 Å². The third kappa shape index (κ3) is 19.5. The zero-order chi connectivity index (χ0) is 93.7. The number of methoxy groups -OCH3 is 16. The number of amides is 5. The van der Waals surface area contributed by atoms with Gasteiger partial charge in [-0.25, -0.2) is 9.59 Å². The maximum absolute atomic E-state index is 12.9. The molecule has 8 aromatic carbocycles. The molecule has 5 aliphatic heterocycles. The monoisotopic (exact) mass is 1800 g/mol. The van der Waals surface area contributed by atoms with E-state index in [1.54, 1.807) is 123 Å². The van der Waals surface area contributed by atoms with Crippen LogP contribution in [0.25, 0.3) is 0 Å². The van der Waals surface area contributed by atoms with E-state index in [-0.39, 0.29) is 58.5 Å². The van der Waals surface area contributed by atoms with Gasteiger partial charge in [0.05, 0.1) is 180 Å². The molecule has 2 N–H and O–H groups in total. The molecule has 14 rings (SSSR count). The van der Waals surface area contributed by atoms with Gasteiger partial charge in [-0.15, -0.1) is 0 Å². The third-order valence-corrected chi connectivity index (χ3v) is 21.6. The van der Waals surface area contributed by atoms with Crippen LogP contribution in [0.3, 0.4) is 0 Å². The van der Waals surface area contributed by atoms with E-state index in [1.165, 1.54) is 131 Å². The number of rotatable bonds is 31. The normalized spacial score (nSPS) is 16.6. The summed E-state index contributed by atoms with van der Waals surface area (Å²) in [6.07, 6.45) is 2.24. The van der Waals surface area contributed by atoms with Crippen LogP contribution in [0.1, 0.15) is 59.3 Å². The van der Waals surface area contributed by atoms with Gasteiger partial charge in [-0.2, -0.15) is 13.6 Å². The van der Waals surface area contributed by atoms with Gasteiger partial charge in [0.25, 0.3) is 23.6 Å². The summed E-state index contributed by atoms with van der Waals surface area (Å²) in [7, 11) is 19.5. The molecule has 5 amide bonds. The summed E-state index contributed by atoms with van der Waals surface area (Å²) in [5.74, 6) is 4.95. The summed E-state index contributed by atoms with van der Waals surface area (Å²) in [5, 5.41) is 5.00. The van der Waals surface area contributed by atoms with Crippen LogP contribution >= 0.6 is 0 Å². The van der Waals surface area contributed by atoms with Crippen LogP contribution in [0.15, 0.2) is 183 Å². The highest BCUT2D eigenvalue weighted by Crippen LogP contribution is 2.55. The lowest BCUT2D eigenvalue weighted by Gasteiger charge is -2.42. The lowest BCUT2D eigenvalue weighted by Crippen LogP contribution is -2.48. The second-order valence-corrected chi connectivity index (χ2v) is 29.6. The zero-order valence-electron chi connectivity index (χ0n) is 73.8. The van der Waals surface area contributed by atoms with Crippen LogP contribution in [-0.2, 0) is 43.8 Å². The van der Waals surface area contributed by atoms with Gasteiger partial charge in [0.1, 0.15) is 0 Å². The Bertz CT molecular complexity index is 5740. The Hall–Kier alpha value is -15.0. The van der Waals surface area contributed by atoms with Gasteiger partial charge in [-0.3, -0.25) is 43.6 Å². The van der Waals surface area contributed by atoms with Crippen molar-refractivity contribution < 1.29 is 141 Å². The number of nitrogens with two attached hydrogens (primary N) is 1. The van der Waals surface area contributed by atoms with Gasteiger partial charge in [-0.1, -0.05) is 57.2 Å². The molecule has 6 fully saturated rings. The van der Waals surface area contributed by atoms with Crippen LogP contribution in [-0.4, -0.2) is 195 Å². The van der Waals surface area contributed by atoms with E-state index < -0.39 is 46.5 Å². The summed E-state index contributed by atoms with van der Waals surface area (Å²) >= 11 is 0. The molecule has 129 heavy (non-hydrogen) atoms. The molecule has 0 unspecified atom stereocenters. The molecule has 0 bridgehead atoms. The van der Waals surface area contributed by atoms with E-state index in [2.05, 4.69) is 32.9 Å². The number of anilines is 4. The molecule has 8 aromatic rings. The lowest BCUT2D eigenvalue weighted by atomic mass is 9.88. The van der Waals surface area contributed by atoms with Crippen LogP contribution in [0, 0.1) is 5.92 Å². The second kappa shape index (κ2) is 41.0. The highest BCUT2D eigenvalue weighted by atomic mass is 32.2. The molecule has 5 heterocycles. The summed E-state index contributed by atoms with van der Waals surface area (Å²) in [4.78, 5) is 95.4. The molecule has 36 nitrogen and oxygen atoms in total. The number of nitrogens with zero attached hydrogens (tertiary/aromatic N) is 5. The predicted octanol–water partition coefficient (Wildman–Crippen LogP) is 12.3.